The molecule has 1 aromatic carbocycles. The number of benzene rings is 1. The Balaban J connectivity index is 2.71. The predicted molar refractivity (Wildman–Crippen MR) is 50.0 cm³/mol. The second kappa shape index (κ2) is 4.14. The molecule has 72 valence electrons. The SMILES string of the molecule is Cc1c(O)cccc1OCC(C)O. The molecule has 1 aromatic rings. The van der Waals surface area contributed by atoms with Gasteiger partial charge in [0.25, 0.3) is 0 Å². The van der Waals surface area contributed by atoms with Crippen LogP contribution in [-0.4, -0.2) is 22.9 Å². The van der Waals surface area contributed by atoms with Crippen LogP contribution in [0, 0.1) is 6.92 Å². The molecule has 3 nitrogen and oxygen atoms in total. The summed E-state index contributed by atoms with van der Waals surface area (Å²) < 4.78 is 5.27. The summed E-state index contributed by atoms with van der Waals surface area (Å²) in [5, 5.41) is 18.3. The summed E-state index contributed by atoms with van der Waals surface area (Å²) >= 11 is 0. The van der Waals surface area contributed by atoms with E-state index in [1.807, 2.05) is 0 Å². The van der Waals surface area contributed by atoms with Crippen LogP contribution in [0.4, 0.5) is 0 Å². The molecule has 13 heavy (non-hydrogen) atoms. The van der Waals surface area contributed by atoms with Gasteiger partial charge in [-0.3, -0.25) is 0 Å². The van der Waals surface area contributed by atoms with E-state index in [-0.39, 0.29) is 12.4 Å². The van der Waals surface area contributed by atoms with Gasteiger partial charge in [-0.25, -0.2) is 0 Å². The van der Waals surface area contributed by atoms with Crippen molar-refractivity contribution in [1.82, 2.24) is 0 Å². The van der Waals surface area contributed by atoms with Crippen molar-refractivity contribution in [3.63, 3.8) is 0 Å². The third-order valence-electron chi connectivity index (χ3n) is 1.74. The van der Waals surface area contributed by atoms with Crippen molar-refractivity contribution in [3.8, 4) is 11.5 Å². The smallest absolute Gasteiger partial charge is 0.126 e. The lowest BCUT2D eigenvalue weighted by Gasteiger charge is -2.10. The molecule has 0 bridgehead atoms. The van der Waals surface area contributed by atoms with Crippen LogP contribution in [-0.2, 0) is 0 Å². The van der Waals surface area contributed by atoms with Crippen LogP contribution in [0.2, 0.25) is 0 Å². The van der Waals surface area contributed by atoms with Gasteiger partial charge >= 0.3 is 0 Å². The largest absolute Gasteiger partial charge is 0.508 e. The van der Waals surface area contributed by atoms with E-state index in [0.717, 1.165) is 0 Å². The van der Waals surface area contributed by atoms with E-state index >= 15 is 0 Å². The zero-order valence-electron chi connectivity index (χ0n) is 7.82. The minimum Gasteiger partial charge on any atom is -0.508 e. The molecule has 0 fully saturated rings. The van der Waals surface area contributed by atoms with Crippen molar-refractivity contribution in [3.05, 3.63) is 23.8 Å². The van der Waals surface area contributed by atoms with E-state index in [1.54, 1.807) is 32.0 Å². The number of rotatable bonds is 3. The Morgan fingerprint density at radius 3 is 2.77 bits per heavy atom. The Labute approximate surface area is 77.6 Å². The van der Waals surface area contributed by atoms with Crippen LogP contribution in [0.15, 0.2) is 18.2 Å². The molecule has 0 saturated heterocycles. The monoisotopic (exact) mass is 182 g/mol. The minimum absolute atomic E-state index is 0.211. The second-order valence-corrected chi connectivity index (χ2v) is 3.06. The predicted octanol–water partition coefficient (Wildman–Crippen LogP) is 1.46. The molecule has 1 unspecified atom stereocenters. The van der Waals surface area contributed by atoms with Gasteiger partial charge in [-0.15, -0.1) is 0 Å². The molecule has 0 aliphatic rings. The van der Waals surface area contributed by atoms with Gasteiger partial charge in [-0.2, -0.15) is 0 Å². The highest BCUT2D eigenvalue weighted by Crippen LogP contribution is 2.25. The number of phenols is 1. The number of ether oxygens (including phenoxy) is 1. The first-order valence-corrected chi connectivity index (χ1v) is 4.20. The van der Waals surface area contributed by atoms with Crippen LogP contribution in [0.1, 0.15) is 12.5 Å². The molecule has 0 amide bonds. The molecule has 3 heteroatoms. The van der Waals surface area contributed by atoms with Crippen LogP contribution >= 0.6 is 0 Å². The fraction of sp³-hybridized carbons (Fsp3) is 0.400. The third-order valence-corrected chi connectivity index (χ3v) is 1.74. The number of aliphatic hydroxyl groups excluding tert-OH is 1. The van der Waals surface area contributed by atoms with E-state index in [2.05, 4.69) is 0 Å². The highest BCUT2D eigenvalue weighted by molar-refractivity contribution is 5.42. The Bertz CT molecular complexity index is 281. The Hall–Kier alpha value is -1.22. The quantitative estimate of drug-likeness (QED) is 0.744. The molecule has 0 heterocycles. The highest BCUT2D eigenvalue weighted by atomic mass is 16.5. The normalized spacial score (nSPS) is 12.5. The summed E-state index contributed by atoms with van der Waals surface area (Å²) in [5.74, 6) is 0.823. The maximum atomic E-state index is 9.32. The molecule has 0 aromatic heterocycles. The molecule has 0 saturated carbocycles. The molecule has 0 aliphatic heterocycles. The molecule has 0 aliphatic carbocycles. The van der Waals surface area contributed by atoms with Crippen molar-refractivity contribution in [2.75, 3.05) is 6.61 Å². The Morgan fingerprint density at radius 2 is 2.15 bits per heavy atom. The lowest BCUT2D eigenvalue weighted by Crippen LogP contribution is -2.13. The molecule has 0 radical (unpaired) electrons. The van der Waals surface area contributed by atoms with Crippen molar-refractivity contribution in [1.29, 1.82) is 0 Å². The first kappa shape index (κ1) is 9.86. The standard InChI is InChI=1S/C10H14O3/c1-7(11)6-13-10-5-3-4-9(12)8(10)2/h3-5,7,11-12H,6H2,1-2H3. The molecular formula is C10H14O3. The maximum absolute atomic E-state index is 9.32. The Morgan fingerprint density at radius 1 is 1.46 bits per heavy atom. The summed E-state index contributed by atoms with van der Waals surface area (Å²) in [7, 11) is 0. The van der Waals surface area contributed by atoms with Crippen molar-refractivity contribution in [2.24, 2.45) is 0 Å². The number of phenolic OH excluding ortho intramolecular Hbond substituents is 1. The molecule has 1 atom stereocenters. The molecular weight excluding hydrogens is 168 g/mol. The van der Waals surface area contributed by atoms with E-state index in [4.69, 9.17) is 9.84 Å². The van der Waals surface area contributed by atoms with Gasteiger partial charge in [0.15, 0.2) is 0 Å². The van der Waals surface area contributed by atoms with Crippen LogP contribution in [0.25, 0.3) is 0 Å². The minimum atomic E-state index is -0.498. The molecule has 2 N–H and O–H groups in total. The second-order valence-electron chi connectivity index (χ2n) is 3.06. The summed E-state index contributed by atoms with van der Waals surface area (Å²) in [5.41, 5.74) is 0.697. The summed E-state index contributed by atoms with van der Waals surface area (Å²) in [6.07, 6.45) is -0.498. The summed E-state index contributed by atoms with van der Waals surface area (Å²) in [4.78, 5) is 0. The van der Waals surface area contributed by atoms with Gasteiger partial charge in [0.1, 0.15) is 18.1 Å². The highest BCUT2D eigenvalue weighted by Gasteiger charge is 2.04. The number of hydrogen-bond acceptors (Lipinski definition) is 3. The summed E-state index contributed by atoms with van der Waals surface area (Å²) in [6, 6.07) is 5.07. The number of aromatic hydroxyl groups is 1. The van der Waals surface area contributed by atoms with E-state index in [9.17, 15) is 5.11 Å². The first-order chi connectivity index (χ1) is 6.11. The van der Waals surface area contributed by atoms with Crippen LogP contribution < -0.4 is 4.74 Å². The average molecular weight is 182 g/mol. The van der Waals surface area contributed by atoms with Gasteiger partial charge in [0, 0.05) is 5.56 Å². The lowest BCUT2D eigenvalue weighted by molar-refractivity contribution is 0.122. The molecule has 1 rings (SSSR count). The van der Waals surface area contributed by atoms with Gasteiger partial charge < -0.3 is 14.9 Å². The van der Waals surface area contributed by atoms with E-state index < -0.39 is 6.10 Å². The van der Waals surface area contributed by atoms with Gasteiger partial charge in [-0.05, 0) is 26.0 Å². The zero-order valence-corrected chi connectivity index (χ0v) is 7.82. The van der Waals surface area contributed by atoms with E-state index in [0.29, 0.717) is 11.3 Å². The third kappa shape index (κ3) is 2.63. The zero-order chi connectivity index (χ0) is 9.84. The number of hydrogen-bond donors (Lipinski definition) is 2. The summed E-state index contributed by atoms with van der Waals surface area (Å²) in [6.45, 7) is 3.66. The van der Waals surface area contributed by atoms with E-state index in [1.165, 1.54) is 0 Å². The fourth-order valence-corrected chi connectivity index (χ4v) is 0.970. The van der Waals surface area contributed by atoms with Crippen LogP contribution in [0.5, 0.6) is 11.5 Å². The fourth-order valence-electron chi connectivity index (χ4n) is 0.970. The van der Waals surface area contributed by atoms with Crippen molar-refractivity contribution in [2.45, 2.75) is 20.0 Å². The number of aliphatic hydroxyl groups is 1. The lowest BCUT2D eigenvalue weighted by atomic mass is 10.2. The topological polar surface area (TPSA) is 49.7 Å². The van der Waals surface area contributed by atoms with Gasteiger partial charge in [0.2, 0.25) is 0 Å². The van der Waals surface area contributed by atoms with Crippen molar-refractivity contribution < 1.29 is 14.9 Å². The average Bonchev–Trinajstić information content (AvgIpc) is 2.07. The van der Waals surface area contributed by atoms with Gasteiger partial charge in [0.05, 0.1) is 6.10 Å². The Kier molecular flexibility index (Phi) is 3.14. The first-order valence-electron chi connectivity index (χ1n) is 4.20. The van der Waals surface area contributed by atoms with Crippen molar-refractivity contribution >= 4 is 0 Å². The molecule has 0 spiro atoms. The van der Waals surface area contributed by atoms with Gasteiger partial charge in [-0.1, -0.05) is 6.07 Å². The van der Waals surface area contributed by atoms with Crippen LogP contribution in [0.3, 0.4) is 0 Å². The maximum Gasteiger partial charge on any atom is 0.126 e.